The molecule has 2 aromatic rings. The van der Waals surface area contributed by atoms with Gasteiger partial charge in [-0.2, -0.15) is 0 Å². The minimum atomic E-state index is 0.106. The van der Waals surface area contributed by atoms with E-state index in [2.05, 4.69) is 21.1 Å². The third kappa shape index (κ3) is 3.15. The zero-order chi connectivity index (χ0) is 14.8. The lowest BCUT2D eigenvalue weighted by Gasteiger charge is -2.24. The summed E-state index contributed by atoms with van der Waals surface area (Å²) in [6.07, 6.45) is 4.42. The molecule has 0 spiro atoms. The van der Waals surface area contributed by atoms with Crippen LogP contribution in [0.2, 0.25) is 0 Å². The molecule has 1 aromatic carbocycles. The zero-order valence-electron chi connectivity index (χ0n) is 12.6. The summed E-state index contributed by atoms with van der Waals surface area (Å²) >= 11 is 0. The summed E-state index contributed by atoms with van der Waals surface area (Å²) < 4.78 is 2.16. The Morgan fingerprint density at radius 2 is 2.19 bits per heavy atom. The predicted octanol–water partition coefficient (Wildman–Crippen LogP) is 2.17. The number of imidazole rings is 1. The highest BCUT2D eigenvalue weighted by molar-refractivity contribution is 5.79. The van der Waals surface area contributed by atoms with Gasteiger partial charge in [0.1, 0.15) is 5.82 Å². The van der Waals surface area contributed by atoms with Crippen molar-refractivity contribution in [3.05, 3.63) is 53.1 Å². The summed E-state index contributed by atoms with van der Waals surface area (Å²) in [4.78, 5) is 16.7. The number of nitrogens with zero attached hydrogens (tertiary/aromatic N) is 2. The normalized spacial score (nSPS) is 17.3. The summed E-state index contributed by atoms with van der Waals surface area (Å²) in [6.45, 7) is 4.89. The Balaban J connectivity index is 1.60. The molecule has 1 amide bonds. The van der Waals surface area contributed by atoms with Gasteiger partial charge in [-0.05, 0) is 31.4 Å². The van der Waals surface area contributed by atoms with Crippen LogP contribution < -0.4 is 5.32 Å². The Labute approximate surface area is 125 Å². The summed E-state index contributed by atoms with van der Waals surface area (Å²) in [5.41, 5.74) is 3.32. The number of fused-ring (bicyclic) bond motifs is 1. The largest absolute Gasteiger partial charge is 0.351 e. The highest BCUT2D eigenvalue weighted by atomic mass is 16.1. The Bertz CT molecular complexity index is 660. The molecular weight excluding hydrogens is 262 g/mol. The molecule has 0 saturated carbocycles. The lowest BCUT2D eigenvalue weighted by Crippen LogP contribution is -2.41. The molecular formula is C17H21N3O. The van der Waals surface area contributed by atoms with Crippen molar-refractivity contribution in [3.63, 3.8) is 0 Å². The number of benzene rings is 1. The summed E-state index contributed by atoms with van der Waals surface area (Å²) in [5.74, 6) is 1.24. The summed E-state index contributed by atoms with van der Waals surface area (Å²) in [5, 5.41) is 3.16. The average molecular weight is 283 g/mol. The molecule has 0 saturated heterocycles. The topological polar surface area (TPSA) is 46.9 Å². The Morgan fingerprint density at radius 1 is 1.38 bits per heavy atom. The maximum Gasteiger partial charge on any atom is 0.224 e. The van der Waals surface area contributed by atoms with Crippen LogP contribution in [-0.2, 0) is 24.2 Å². The van der Waals surface area contributed by atoms with Gasteiger partial charge in [-0.15, -0.1) is 0 Å². The lowest BCUT2D eigenvalue weighted by atomic mass is 10.0. The molecule has 1 aliphatic rings. The minimum Gasteiger partial charge on any atom is -0.351 e. The quantitative estimate of drug-likeness (QED) is 0.938. The van der Waals surface area contributed by atoms with Crippen LogP contribution in [0.3, 0.4) is 0 Å². The maximum absolute atomic E-state index is 12.2. The SMILES string of the molecule is Cc1cn2c(n1)CC[C@@H](NC(=O)Cc1ccccc1C)C2. The van der Waals surface area contributed by atoms with E-state index >= 15 is 0 Å². The number of hydrogen-bond donors (Lipinski definition) is 1. The van der Waals surface area contributed by atoms with Crippen LogP contribution in [-0.4, -0.2) is 21.5 Å². The number of carbonyl (C=O) groups excluding carboxylic acids is 1. The van der Waals surface area contributed by atoms with Crippen molar-refractivity contribution in [1.29, 1.82) is 0 Å². The fraction of sp³-hybridized carbons (Fsp3) is 0.412. The smallest absolute Gasteiger partial charge is 0.224 e. The van der Waals surface area contributed by atoms with Crippen molar-refractivity contribution in [2.75, 3.05) is 0 Å². The number of hydrogen-bond acceptors (Lipinski definition) is 2. The van der Waals surface area contributed by atoms with E-state index in [9.17, 15) is 4.79 Å². The van der Waals surface area contributed by atoms with Crippen LogP contribution in [0.1, 0.15) is 29.1 Å². The third-order valence-corrected chi connectivity index (χ3v) is 4.09. The Morgan fingerprint density at radius 3 is 3.00 bits per heavy atom. The van der Waals surface area contributed by atoms with E-state index in [1.807, 2.05) is 38.1 Å². The van der Waals surface area contributed by atoms with Crippen molar-refractivity contribution >= 4 is 5.91 Å². The lowest BCUT2D eigenvalue weighted by molar-refractivity contribution is -0.121. The monoisotopic (exact) mass is 283 g/mol. The van der Waals surface area contributed by atoms with Crippen molar-refractivity contribution < 1.29 is 4.79 Å². The van der Waals surface area contributed by atoms with E-state index in [0.29, 0.717) is 6.42 Å². The Kier molecular flexibility index (Phi) is 3.78. The van der Waals surface area contributed by atoms with Crippen LogP contribution in [0.5, 0.6) is 0 Å². The highest BCUT2D eigenvalue weighted by Gasteiger charge is 2.21. The molecule has 2 heterocycles. The second kappa shape index (κ2) is 5.72. The molecule has 21 heavy (non-hydrogen) atoms. The second-order valence-electron chi connectivity index (χ2n) is 5.86. The first-order chi connectivity index (χ1) is 10.1. The summed E-state index contributed by atoms with van der Waals surface area (Å²) in [6, 6.07) is 8.26. The van der Waals surface area contributed by atoms with E-state index in [-0.39, 0.29) is 11.9 Å². The number of amides is 1. The van der Waals surface area contributed by atoms with Gasteiger partial charge in [-0.25, -0.2) is 4.98 Å². The van der Waals surface area contributed by atoms with Crippen molar-refractivity contribution in [3.8, 4) is 0 Å². The molecule has 4 heteroatoms. The molecule has 1 N–H and O–H groups in total. The number of aromatic nitrogens is 2. The van der Waals surface area contributed by atoms with Gasteiger partial charge in [-0.1, -0.05) is 24.3 Å². The van der Waals surface area contributed by atoms with Crippen molar-refractivity contribution in [1.82, 2.24) is 14.9 Å². The zero-order valence-corrected chi connectivity index (χ0v) is 12.6. The van der Waals surface area contributed by atoms with Crippen LogP contribution in [0.15, 0.2) is 30.5 Å². The minimum absolute atomic E-state index is 0.106. The van der Waals surface area contributed by atoms with E-state index < -0.39 is 0 Å². The van der Waals surface area contributed by atoms with Crippen LogP contribution >= 0.6 is 0 Å². The first-order valence-electron chi connectivity index (χ1n) is 7.48. The first kappa shape index (κ1) is 13.9. The van der Waals surface area contributed by atoms with Crippen LogP contribution in [0.25, 0.3) is 0 Å². The number of nitrogens with one attached hydrogen (secondary N) is 1. The molecule has 3 rings (SSSR count). The van der Waals surface area contributed by atoms with Gasteiger partial charge in [-0.3, -0.25) is 4.79 Å². The average Bonchev–Trinajstić information content (AvgIpc) is 2.80. The van der Waals surface area contributed by atoms with Gasteiger partial charge >= 0.3 is 0 Å². The predicted molar refractivity (Wildman–Crippen MR) is 82.1 cm³/mol. The van der Waals surface area contributed by atoms with Crippen LogP contribution in [0.4, 0.5) is 0 Å². The molecule has 0 aliphatic carbocycles. The fourth-order valence-electron chi connectivity index (χ4n) is 2.96. The molecule has 0 fully saturated rings. The van der Waals surface area contributed by atoms with Crippen molar-refractivity contribution in [2.24, 2.45) is 0 Å². The van der Waals surface area contributed by atoms with Gasteiger partial charge in [0, 0.05) is 25.2 Å². The molecule has 110 valence electrons. The molecule has 0 radical (unpaired) electrons. The molecule has 1 aliphatic heterocycles. The molecule has 1 aromatic heterocycles. The van der Waals surface area contributed by atoms with Gasteiger partial charge < -0.3 is 9.88 Å². The van der Waals surface area contributed by atoms with Gasteiger partial charge in [0.2, 0.25) is 5.91 Å². The number of carbonyl (C=O) groups is 1. The standard InChI is InChI=1S/C17H21N3O/c1-12-5-3-4-6-14(12)9-17(21)19-15-7-8-16-18-13(2)10-20(16)11-15/h3-6,10,15H,7-9,11H2,1-2H3,(H,19,21)/t15-/m1/s1. The number of aryl methyl sites for hydroxylation is 3. The van der Waals surface area contributed by atoms with E-state index in [1.165, 1.54) is 5.56 Å². The second-order valence-corrected chi connectivity index (χ2v) is 5.86. The van der Waals surface area contributed by atoms with E-state index in [1.54, 1.807) is 0 Å². The third-order valence-electron chi connectivity index (χ3n) is 4.09. The van der Waals surface area contributed by atoms with Gasteiger partial charge in [0.05, 0.1) is 12.1 Å². The molecule has 1 atom stereocenters. The van der Waals surface area contributed by atoms with Gasteiger partial charge in [0.15, 0.2) is 0 Å². The van der Waals surface area contributed by atoms with Gasteiger partial charge in [0.25, 0.3) is 0 Å². The maximum atomic E-state index is 12.2. The highest BCUT2D eigenvalue weighted by Crippen LogP contribution is 2.15. The summed E-state index contributed by atoms with van der Waals surface area (Å²) in [7, 11) is 0. The molecule has 0 bridgehead atoms. The first-order valence-corrected chi connectivity index (χ1v) is 7.48. The molecule has 4 nitrogen and oxygen atoms in total. The van der Waals surface area contributed by atoms with Crippen molar-refractivity contribution in [2.45, 2.75) is 45.7 Å². The van der Waals surface area contributed by atoms with Crippen LogP contribution in [0, 0.1) is 13.8 Å². The molecule has 0 unspecified atom stereocenters. The fourth-order valence-corrected chi connectivity index (χ4v) is 2.96. The van der Waals surface area contributed by atoms with E-state index in [4.69, 9.17) is 0 Å². The Hall–Kier alpha value is -2.10. The number of rotatable bonds is 3. The van der Waals surface area contributed by atoms with E-state index in [0.717, 1.165) is 36.5 Å².